The second-order valence-corrected chi connectivity index (χ2v) is 6.47. The third kappa shape index (κ3) is 2.00. The maximum atomic E-state index is 2.49. The molecular weight excluding hydrogens is 180 g/mol. The zero-order valence-corrected chi connectivity index (χ0v) is 10.8. The predicted molar refractivity (Wildman–Crippen MR) is 66.8 cm³/mol. The molecule has 0 heterocycles. The van der Waals surface area contributed by atoms with Gasteiger partial charge in [-0.1, -0.05) is 45.3 Å². The molecule has 0 saturated heterocycles. The maximum absolute atomic E-state index is 2.49. The second-order valence-electron chi connectivity index (χ2n) is 6.47. The van der Waals surface area contributed by atoms with Gasteiger partial charge in [0.05, 0.1) is 0 Å². The Morgan fingerprint density at radius 2 is 1.73 bits per heavy atom. The van der Waals surface area contributed by atoms with Crippen LogP contribution in [-0.2, 0) is 0 Å². The van der Waals surface area contributed by atoms with Crippen molar-refractivity contribution >= 4 is 0 Å². The van der Waals surface area contributed by atoms with Gasteiger partial charge in [0.15, 0.2) is 0 Å². The van der Waals surface area contributed by atoms with E-state index in [1.165, 1.54) is 32.1 Å². The van der Waals surface area contributed by atoms with Gasteiger partial charge in [0, 0.05) is 0 Å². The van der Waals surface area contributed by atoms with Crippen LogP contribution in [0.25, 0.3) is 0 Å². The van der Waals surface area contributed by atoms with Crippen molar-refractivity contribution < 1.29 is 0 Å². The Labute approximate surface area is 95.1 Å². The molecule has 1 atom stereocenters. The van der Waals surface area contributed by atoms with E-state index in [0.717, 1.165) is 17.8 Å². The minimum atomic E-state index is 0.477. The van der Waals surface area contributed by atoms with Crippen LogP contribution in [0.3, 0.4) is 0 Å². The maximum Gasteiger partial charge on any atom is -0.0114 e. The van der Waals surface area contributed by atoms with E-state index in [-0.39, 0.29) is 0 Å². The van der Waals surface area contributed by atoms with Gasteiger partial charge in [0.2, 0.25) is 0 Å². The average molecular weight is 206 g/mol. The van der Waals surface area contributed by atoms with Crippen LogP contribution in [0.1, 0.15) is 59.8 Å². The lowest BCUT2D eigenvalue weighted by Gasteiger charge is -2.39. The van der Waals surface area contributed by atoms with Crippen molar-refractivity contribution in [3.63, 3.8) is 0 Å². The zero-order valence-electron chi connectivity index (χ0n) is 10.8. The van der Waals surface area contributed by atoms with E-state index in [9.17, 15) is 0 Å². The Morgan fingerprint density at radius 3 is 2.20 bits per heavy atom. The van der Waals surface area contributed by atoms with Crippen LogP contribution in [0.4, 0.5) is 0 Å². The lowest BCUT2D eigenvalue weighted by molar-refractivity contribution is 0.138. The highest BCUT2D eigenvalue weighted by molar-refractivity contribution is 5.19. The van der Waals surface area contributed by atoms with Gasteiger partial charge in [-0.2, -0.15) is 0 Å². The molecular formula is C15H26. The van der Waals surface area contributed by atoms with Gasteiger partial charge in [-0.25, -0.2) is 0 Å². The predicted octanol–water partition coefficient (Wildman–Crippen LogP) is 4.81. The quantitative estimate of drug-likeness (QED) is 0.540. The SMILES string of the molecule is CC1=CCC(C2CCC(C)CC2)C1(C)C. The Bertz CT molecular complexity index is 251. The minimum Gasteiger partial charge on any atom is -0.0847 e. The lowest BCUT2D eigenvalue weighted by atomic mass is 9.66. The summed E-state index contributed by atoms with van der Waals surface area (Å²) in [5, 5.41) is 0. The van der Waals surface area contributed by atoms with Crippen LogP contribution < -0.4 is 0 Å². The van der Waals surface area contributed by atoms with Gasteiger partial charge in [0.25, 0.3) is 0 Å². The van der Waals surface area contributed by atoms with Crippen molar-refractivity contribution in [3.05, 3.63) is 11.6 Å². The average Bonchev–Trinajstić information content (AvgIpc) is 2.44. The molecule has 0 bridgehead atoms. The molecule has 0 radical (unpaired) electrons. The summed E-state index contributed by atoms with van der Waals surface area (Å²) in [4.78, 5) is 0. The smallest absolute Gasteiger partial charge is 0.0114 e. The van der Waals surface area contributed by atoms with Crippen LogP contribution in [-0.4, -0.2) is 0 Å². The molecule has 1 unspecified atom stereocenters. The molecule has 0 spiro atoms. The summed E-state index contributed by atoms with van der Waals surface area (Å²) < 4.78 is 0. The first-order chi connectivity index (χ1) is 7.01. The van der Waals surface area contributed by atoms with Crippen molar-refractivity contribution in [2.24, 2.45) is 23.2 Å². The van der Waals surface area contributed by atoms with Crippen molar-refractivity contribution in [2.45, 2.75) is 59.8 Å². The van der Waals surface area contributed by atoms with E-state index < -0.39 is 0 Å². The highest BCUT2D eigenvalue weighted by atomic mass is 14.4. The molecule has 0 amide bonds. The first-order valence-corrected chi connectivity index (χ1v) is 6.69. The Morgan fingerprint density at radius 1 is 1.13 bits per heavy atom. The third-order valence-corrected chi connectivity index (χ3v) is 5.25. The van der Waals surface area contributed by atoms with Crippen LogP contribution in [0, 0.1) is 23.2 Å². The fourth-order valence-electron chi connectivity index (χ4n) is 3.62. The van der Waals surface area contributed by atoms with Crippen molar-refractivity contribution in [3.8, 4) is 0 Å². The summed E-state index contributed by atoms with van der Waals surface area (Å²) in [6, 6.07) is 0. The molecule has 0 heteroatoms. The fraction of sp³-hybridized carbons (Fsp3) is 0.867. The Hall–Kier alpha value is -0.260. The number of allylic oxidation sites excluding steroid dienone is 2. The van der Waals surface area contributed by atoms with E-state index in [1.807, 2.05) is 0 Å². The molecule has 0 aliphatic heterocycles. The van der Waals surface area contributed by atoms with Gasteiger partial charge in [-0.05, 0) is 49.4 Å². The topological polar surface area (TPSA) is 0 Å². The summed E-state index contributed by atoms with van der Waals surface area (Å²) in [6.45, 7) is 9.65. The second kappa shape index (κ2) is 3.96. The fourth-order valence-corrected chi connectivity index (χ4v) is 3.62. The number of hydrogen-bond acceptors (Lipinski definition) is 0. The zero-order chi connectivity index (χ0) is 11.1. The van der Waals surface area contributed by atoms with Gasteiger partial charge in [-0.15, -0.1) is 0 Å². The van der Waals surface area contributed by atoms with Gasteiger partial charge < -0.3 is 0 Å². The first-order valence-electron chi connectivity index (χ1n) is 6.69. The first kappa shape index (κ1) is 11.2. The van der Waals surface area contributed by atoms with Crippen molar-refractivity contribution in [2.75, 3.05) is 0 Å². The van der Waals surface area contributed by atoms with E-state index in [1.54, 1.807) is 5.57 Å². The molecule has 0 nitrogen and oxygen atoms in total. The minimum absolute atomic E-state index is 0.477. The van der Waals surface area contributed by atoms with Crippen LogP contribution in [0.5, 0.6) is 0 Å². The summed E-state index contributed by atoms with van der Waals surface area (Å²) in [5.41, 5.74) is 2.11. The molecule has 2 aliphatic rings. The van der Waals surface area contributed by atoms with Crippen molar-refractivity contribution in [1.82, 2.24) is 0 Å². The molecule has 86 valence electrons. The summed E-state index contributed by atoms with van der Waals surface area (Å²) in [7, 11) is 0. The van der Waals surface area contributed by atoms with Crippen LogP contribution >= 0.6 is 0 Å². The summed E-state index contributed by atoms with van der Waals surface area (Å²) >= 11 is 0. The molecule has 0 aromatic heterocycles. The molecule has 0 N–H and O–H groups in total. The lowest BCUT2D eigenvalue weighted by Crippen LogP contribution is -2.30. The molecule has 2 aliphatic carbocycles. The molecule has 2 rings (SSSR count). The van der Waals surface area contributed by atoms with Gasteiger partial charge in [0.1, 0.15) is 0 Å². The van der Waals surface area contributed by atoms with Gasteiger partial charge in [-0.3, -0.25) is 0 Å². The Kier molecular flexibility index (Phi) is 2.96. The molecule has 1 saturated carbocycles. The third-order valence-electron chi connectivity index (χ3n) is 5.25. The standard InChI is InChI=1S/C15H26/c1-11-5-8-13(9-6-11)14-10-7-12(2)15(14,3)4/h7,11,13-14H,5-6,8-10H2,1-4H3. The monoisotopic (exact) mass is 206 g/mol. The van der Waals surface area contributed by atoms with Crippen LogP contribution in [0.15, 0.2) is 11.6 Å². The molecule has 0 aromatic rings. The molecule has 0 aromatic carbocycles. The number of hydrogen-bond donors (Lipinski definition) is 0. The highest BCUT2D eigenvalue weighted by Gasteiger charge is 2.40. The van der Waals surface area contributed by atoms with E-state index in [2.05, 4.69) is 33.8 Å². The summed E-state index contributed by atoms with van der Waals surface area (Å²) in [6.07, 6.45) is 9.74. The van der Waals surface area contributed by atoms with Crippen molar-refractivity contribution in [1.29, 1.82) is 0 Å². The van der Waals surface area contributed by atoms with E-state index in [0.29, 0.717) is 5.41 Å². The summed E-state index contributed by atoms with van der Waals surface area (Å²) in [5.74, 6) is 2.93. The van der Waals surface area contributed by atoms with Gasteiger partial charge >= 0.3 is 0 Å². The van der Waals surface area contributed by atoms with E-state index in [4.69, 9.17) is 0 Å². The normalized spacial score (nSPS) is 40.3. The van der Waals surface area contributed by atoms with E-state index >= 15 is 0 Å². The molecule has 15 heavy (non-hydrogen) atoms. The highest BCUT2D eigenvalue weighted by Crippen LogP contribution is 2.50. The Balaban J connectivity index is 2.01. The largest absolute Gasteiger partial charge is 0.0847 e. The molecule has 1 fully saturated rings. The van der Waals surface area contributed by atoms with Crippen LogP contribution in [0.2, 0.25) is 0 Å². The number of rotatable bonds is 1.